The maximum absolute atomic E-state index is 5.63. The monoisotopic (exact) mass is 352 g/mol. The Morgan fingerprint density at radius 2 is 2.14 bits per heavy atom. The summed E-state index contributed by atoms with van der Waals surface area (Å²) in [5, 5.41) is 3.39. The number of oxazole rings is 1. The van der Waals surface area contributed by atoms with Gasteiger partial charge in [0.2, 0.25) is 5.89 Å². The highest BCUT2D eigenvalue weighted by atomic mass is 79.9. The van der Waals surface area contributed by atoms with E-state index in [1.165, 1.54) is 0 Å². The highest BCUT2D eigenvalue weighted by Gasteiger charge is 2.17. The molecule has 0 radical (unpaired) electrons. The molecule has 1 aliphatic heterocycles. The lowest BCUT2D eigenvalue weighted by Gasteiger charge is -2.21. The van der Waals surface area contributed by atoms with Gasteiger partial charge in [-0.15, -0.1) is 0 Å². The van der Waals surface area contributed by atoms with Crippen LogP contribution in [-0.4, -0.2) is 18.2 Å². The molecule has 0 aliphatic carbocycles. The molecule has 0 fully saturated rings. The molecule has 1 aromatic heterocycles. The molecule has 2 heterocycles. The molecule has 0 bridgehead atoms. The molecule has 1 aliphatic rings. The van der Waals surface area contributed by atoms with Crippen LogP contribution in [0.2, 0.25) is 0 Å². The number of hydrogen-bond donors (Lipinski definition) is 1. The molecule has 3 rings (SSSR count). The van der Waals surface area contributed by atoms with Crippen LogP contribution < -0.4 is 14.8 Å². The average molecular weight is 353 g/mol. The van der Waals surface area contributed by atoms with Gasteiger partial charge in [0.25, 0.3) is 0 Å². The number of hydrogen-bond acceptors (Lipinski definition) is 5. The van der Waals surface area contributed by atoms with Crippen LogP contribution in [0.5, 0.6) is 11.5 Å². The molecule has 0 saturated heterocycles. The third-order valence-electron chi connectivity index (χ3n) is 3.28. The Hall–Kier alpha value is -1.53. The van der Waals surface area contributed by atoms with Crippen molar-refractivity contribution >= 4 is 15.9 Å². The second-order valence-electron chi connectivity index (χ2n) is 5.01. The highest BCUT2D eigenvalue weighted by molar-refractivity contribution is 9.10. The molecular formula is C15H17BrN2O3. The van der Waals surface area contributed by atoms with Gasteiger partial charge in [0.05, 0.1) is 16.7 Å². The van der Waals surface area contributed by atoms with Crippen molar-refractivity contribution < 1.29 is 13.9 Å². The van der Waals surface area contributed by atoms with E-state index in [2.05, 4.69) is 26.2 Å². The van der Waals surface area contributed by atoms with Gasteiger partial charge in [0, 0.05) is 6.54 Å². The van der Waals surface area contributed by atoms with Gasteiger partial charge in [0.1, 0.15) is 19.0 Å². The van der Waals surface area contributed by atoms with E-state index in [4.69, 9.17) is 13.9 Å². The molecule has 1 N–H and O–H groups in total. The second kappa shape index (κ2) is 6.07. The zero-order chi connectivity index (χ0) is 14.8. The highest BCUT2D eigenvalue weighted by Crippen LogP contribution is 2.38. The first-order valence-corrected chi connectivity index (χ1v) is 7.66. The van der Waals surface area contributed by atoms with Crippen molar-refractivity contribution in [2.24, 2.45) is 0 Å². The number of aromatic nitrogens is 1. The zero-order valence-corrected chi connectivity index (χ0v) is 13.6. The molecule has 0 saturated carbocycles. The van der Waals surface area contributed by atoms with E-state index >= 15 is 0 Å². The Morgan fingerprint density at radius 1 is 1.33 bits per heavy atom. The van der Waals surface area contributed by atoms with Crippen LogP contribution in [0.15, 0.2) is 27.2 Å². The third kappa shape index (κ3) is 3.22. The fraction of sp³-hybridized carbons (Fsp3) is 0.400. The van der Waals surface area contributed by atoms with E-state index in [1.54, 1.807) is 6.20 Å². The van der Waals surface area contributed by atoms with Crippen LogP contribution in [0.4, 0.5) is 0 Å². The molecule has 21 heavy (non-hydrogen) atoms. The van der Waals surface area contributed by atoms with Crippen molar-refractivity contribution in [1.82, 2.24) is 10.3 Å². The van der Waals surface area contributed by atoms with Gasteiger partial charge in [-0.25, -0.2) is 4.98 Å². The van der Waals surface area contributed by atoms with E-state index in [9.17, 15) is 0 Å². The summed E-state index contributed by atoms with van der Waals surface area (Å²) in [7, 11) is 0. The lowest BCUT2D eigenvalue weighted by atomic mass is 10.2. The average Bonchev–Trinajstić information content (AvgIpc) is 2.91. The van der Waals surface area contributed by atoms with Crippen molar-refractivity contribution in [3.63, 3.8) is 0 Å². The molecule has 1 unspecified atom stereocenters. The molecule has 1 atom stereocenters. The first-order valence-electron chi connectivity index (χ1n) is 6.87. The van der Waals surface area contributed by atoms with Crippen molar-refractivity contribution in [2.45, 2.75) is 26.4 Å². The van der Waals surface area contributed by atoms with E-state index in [-0.39, 0.29) is 6.04 Å². The topological polar surface area (TPSA) is 56.5 Å². The first kappa shape index (κ1) is 14.4. The van der Waals surface area contributed by atoms with Crippen molar-refractivity contribution in [2.75, 3.05) is 13.2 Å². The number of ether oxygens (including phenoxy) is 2. The molecule has 0 amide bonds. The van der Waals surface area contributed by atoms with Crippen LogP contribution in [0.3, 0.4) is 0 Å². The Kier molecular flexibility index (Phi) is 4.17. The number of nitrogens with zero attached hydrogens (tertiary/aromatic N) is 1. The summed E-state index contributed by atoms with van der Waals surface area (Å²) in [6.07, 6.45) is 1.73. The number of nitrogens with one attached hydrogen (secondary N) is 1. The maximum atomic E-state index is 5.63. The summed E-state index contributed by atoms with van der Waals surface area (Å²) in [5.41, 5.74) is 1.11. The van der Waals surface area contributed by atoms with E-state index in [0.29, 0.717) is 25.6 Å². The Bertz CT molecular complexity index is 642. The Balaban J connectivity index is 1.69. The molecule has 6 heteroatoms. The van der Waals surface area contributed by atoms with Crippen molar-refractivity contribution in [1.29, 1.82) is 0 Å². The predicted octanol–water partition coefficient (Wildman–Crippen LogP) is 3.37. The minimum absolute atomic E-state index is 0.0469. The van der Waals surface area contributed by atoms with Crippen molar-refractivity contribution in [3.8, 4) is 11.5 Å². The van der Waals surface area contributed by atoms with Crippen LogP contribution >= 0.6 is 15.9 Å². The van der Waals surface area contributed by atoms with Crippen molar-refractivity contribution in [3.05, 3.63) is 40.0 Å². The molecule has 2 aromatic rings. The fourth-order valence-corrected chi connectivity index (χ4v) is 2.80. The first-order chi connectivity index (χ1) is 10.1. The number of rotatable bonds is 4. The van der Waals surface area contributed by atoms with Gasteiger partial charge in [-0.1, -0.05) is 0 Å². The zero-order valence-electron chi connectivity index (χ0n) is 12.0. The number of fused-ring (bicyclic) bond motifs is 1. The minimum Gasteiger partial charge on any atom is -0.486 e. The molecule has 5 nitrogen and oxygen atoms in total. The Morgan fingerprint density at radius 3 is 2.90 bits per heavy atom. The van der Waals surface area contributed by atoms with E-state index in [0.717, 1.165) is 27.3 Å². The van der Waals surface area contributed by atoms with E-state index < -0.39 is 0 Å². The smallest absolute Gasteiger partial charge is 0.211 e. The standard InChI is InChI=1S/C15H17BrN2O3/c1-9-7-18-15(21-9)10(2)17-8-11-5-12(16)14-13(6-11)19-3-4-20-14/h5-7,10,17H,3-4,8H2,1-2H3. The quantitative estimate of drug-likeness (QED) is 0.913. The fourth-order valence-electron chi connectivity index (χ4n) is 2.20. The lowest BCUT2D eigenvalue weighted by molar-refractivity contribution is 0.170. The van der Waals surface area contributed by atoms with Gasteiger partial charge >= 0.3 is 0 Å². The normalized spacial score (nSPS) is 15.0. The summed E-state index contributed by atoms with van der Waals surface area (Å²) in [6.45, 7) is 5.78. The maximum Gasteiger partial charge on any atom is 0.211 e. The number of benzene rings is 1. The molecular weight excluding hydrogens is 336 g/mol. The van der Waals surface area contributed by atoms with Gasteiger partial charge in [-0.3, -0.25) is 0 Å². The van der Waals surface area contributed by atoms with Gasteiger partial charge in [-0.05, 0) is 47.5 Å². The second-order valence-corrected chi connectivity index (χ2v) is 5.87. The number of halogens is 1. The molecule has 0 spiro atoms. The summed E-state index contributed by atoms with van der Waals surface area (Å²) in [6, 6.07) is 4.08. The van der Waals surface area contributed by atoms with Gasteiger partial charge in [-0.2, -0.15) is 0 Å². The summed E-state index contributed by atoms with van der Waals surface area (Å²) >= 11 is 3.52. The molecule has 112 valence electrons. The summed E-state index contributed by atoms with van der Waals surface area (Å²) in [5.74, 6) is 3.08. The van der Waals surface area contributed by atoms with Crippen LogP contribution in [0, 0.1) is 6.92 Å². The Labute approximate surface area is 131 Å². The minimum atomic E-state index is 0.0469. The summed E-state index contributed by atoms with van der Waals surface area (Å²) in [4.78, 5) is 4.23. The van der Waals surface area contributed by atoms with E-state index in [1.807, 2.05) is 26.0 Å². The largest absolute Gasteiger partial charge is 0.486 e. The summed E-state index contributed by atoms with van der Waals surface area (Å²) < 4.78 is 17.6. The van der Waals surface area contributed by atoms with Crippen LogP contribution in [-0.2, 0) is 6.54 Å². The molecule has 1 aromatic carbocycles. The SMILES string of the molecule is Cc1cnc(C(C)NCc2cc(Br)c3c(c2)OCCO3)o1. The van der Waals surface area contributed by atoms with Crippen LogP contribution in [0.1, 0.15) is 30.2 Å². The predicted molar refractivity (Wildman–Crippen MR) is 81.6 cm³/mol. The van der Waals surface area contributed by atoms with Gasteiger partial charge in [0.15, 0.2) is 11.5 Å². The van der Waals surface area contributed by atoms with Gasteiger partial charge < -0.3 is 19.2 Å². The lowest BCUT2D eigenvalue weighted by Crippen LogP contribution is -2.19. The number of aryl methyl sites for hydroxylation is 1. The van der Waals surface area contributed by atoms with Crippen LogP contribution in [0.25, 0.3) is 0 Å². The third-order valence-corrected chi connectivity index (χ3v) is 3.87.